The molecule has 1 aliphatic rings. The first-order chi connectivity index (χ1) is 14.0. The van der Waals surface area contributed by atoms with Crippen molar-refractivity contribution in [3.8, 4) is 11.1 Å². The number of carbonyl (C=O) groups is 1. The molecule has 29 heavy (non-hydrogen) atoms. The van der Waals surface area contributed by atoms with Crippen LogP contribution >= 0.6 is 22.9 Å². The second kappa shape index (κ2) is 8.55. The van der Waals surface area contributed by atoms with Crippen LogP contribution in [0.15, 0.2) is 60.7 Å². The predicted molar refractivity (Wildman–Crippen MR) is 113 cm³/mol. The average Bonchev–Trinajstić information content (AvgIpc) is 3.31. The third-order valence-electron chi connectivity index (χ3n) is 5.05. The molecule has 0 fully saturated rings. The summed E-state index contributed by atoms with van der Waals surface area (Å²) in [6, 6.07) is 19.5. The second-order valence-electron chi connectivity index (χ2n) is 6.86. The maximum atomic E-state index is 12.1. The molecule has 2 atom stereocenters. The van der Waals surface area contributed by atoms with Crippen LogP contribution in [0.5, 0.6) is 0 Å². The van der Waals surface area contributed by atoms with Crippen molar-refractivity contribution in [3.63, 3.8) is 0 Å². The molecule has 1 aromatic heterocycles. The van der Waals surface area contributed by atoms with Crippen molar-refractivity contribution in [1.29, 1.82) is 0 Å². The molecule has 0 saturated heterocycles. The Labute approximate surface area is 177 Å². The monoisotopic (exact) mass is 429 g/mol. The van der Waals surface area contributed by atoms with E-state index in [0.29, 0.717) is 9.21 Å². The summed E-state index contributed by atoms with van der Waals surface area (Å²) in [4.78, 5) is 12.7. The number of halogens is 1. The fourth-order valence-corrected chi connectivity index (χ4v) is 4.73. The number of alkyl carbamates (subject to hydrolysis) is 1. The van der Waals surface area contributed by atoms with Gasteiger partial charge in [0, 0.05) is 17.3 Å². The van der Waals surface area contributed by atoms with Gasteiger partial charge in [-0.3, -0.25) is 0 Å². The van der Waals surface area contributed by atoms with E-state index in [0.717, 1.165) is 22.3 Å². The molecule has 2 aromatic carbocycles. The third-order valence-corrected chi connectivity index (χ3v) is 6.35. The van der Waals surface area contributed by atoms with Crippen LogP contribution in [-0.4, -0.2) is 35.6 Å². The fourth-order valence-electron chi connectivity index (χ4n) is 3.63. The fraction of sp³-hybridized carbons (Fsp3) is 0.227. The van der Waals surface area contributed by atoms with Crippen molar-refractivity contribution >= 4 is 29.0 Å². The van der Waals surface area contributed by atoms with Gasteiger partial charge in [0.2, 0.25) is 0 Å². The topological polar surface area (TPSA) is 78.8 Å². The van der Waals surface area contributed by atoms with Crippen LogP contribution in [0, 0.1) is 0 Å². The van der Waals surface area contributed by atoms with Crippen LogP contribution in [0.25, 0.3) is 11.1 Å². The van der Waals surface area contributed by atoms with Crippen molar-refractivity contribution in [1.82, 2.24) is 5.32 Å². The van der Waals surface area contributed by atoms with Crippen LogP contribution in [0.3, 0.4) is 0 Å². The molecule has 3 aromatic rings. The number of carbonyl (C=O) groups excluding carboxylic acids is 1. The summed E-state index contributed by atoms with van der Waals surface area (Å²) in [6.07, 6.45) is -2.92. The second-order valence-corrected chi connectivity index (χ2v) is 8.61. The molecule has 0 aliphatic heterocycles. The summed E-state index contributed by atoms with van der Waals surface area (Å²) in [5, 5.41) is 22.8. The maximum Gasteiger partial charge on any atom is 0.407 e. The van der Waals surface area contributed by atoms with E-state index in [2.05, 4.69) is 17.4 Å². The highest BCUT2D eigenvalue weighted by molar-refractivity contribution is 7.16. The molecule has 2 unspecified atom stereocenters. The van der Waals surface area contributed by atoms with E-state index in [9.17, 15) is 15.0 Å². The number of fused-ring (bicyclic) bond motifs is 3. The molecule has 5 nitrogen and oxygen atoms in total. The van der Waals surface area contributed by atoms with Gasteiger partial charge >= 0.3 is 6.09 Å². The molecular weight excluding hydrogens is 410 g/mol. The highest BCUT2D eigenvalue weighted by Crippen LogP contribution is 2.44. The Morgan fingerprint density at radius 3 is 2.24 bits per heavy atom. The van der Waals surface area contributed by atoms with Gasteiger partial charge in [-0.15, -0.1) is 11.3 Å². The van der Waals surface area contributed by atoms with E-state index in [4.69, 9.17) is 16.3 Å². The van der Waals surface area contributed by atoms with E-state index in [1.165, 1.54) is 11.3 Å². The maximum absolute atomic E-state index is 12.1. The smallest absolute Gasteiger partial charge is 0.407 e. The molecule has 0 spiro atoms. The third kappa shape index (κ3) is 4.16. The Morgan fingerprint density at radius 1 is 1.03 bits per heavy atom. The average molecular weight is 430 g/mol. The highest BCUT2D eigenvalue weighted by Gasteiger charge is 2.29. The lowest BCUT2D eigenvalue weighted by atomic mass is 9.98. The zero-order valence-corrected chi connectivity index (χ0v) is 17.0. The summed E-state index contributed by atoms with van der Waals surface area (Å²) in [5.74, 6) is -0.0306. The first-order valence-corrected chi connectivity index (χ1v) is 10.4. The van der Waals surface area contributed by atoms with E-state index >= 15 is 0 Å². The van der Waals surface area contributed by atoms with Gasteiger partial charge < -0.3 is 20.3 Å². The van der Waals surface area contributed by atoms with Gasteiger partial charge in [-0.1, -0.05) is 60.1 Å². The van der Waals surface area contributed by atoms with E-state index < -0.39 is 18.3 Å². The first kappa shape index (κ1) is 19.9. The van der Waals surface area contributed by atoms with Crippen LogP contribution in [-0.2, 0) is 4.74 Å². The lowest BCUT2D eigenvalue weighted by Gasteiger charge is -2.18. The van der Waals surface area contributed by atoms with Crippen LogP contribution in [0.4, 0.5) is 4.79 Å². The lowest BCUT2D eigenvalue weighted by molar-refractivity contribution is 0.0206. The number of hydrogen-bond acceptors (Lipinski definition) is 5. The van der Waals surface area contributed by atoms with Gasteiger partial charge in [-0.25, -0.2) is 4.79 Å². The van der Waals surface area contributed by atoms with Gasteiger partial charge in [0.1, 0.15) is 18.8 Å². The standard InChI is InChI=1S/C22H20ClNO4S/c23-20-10-9-19(29-20)21(26)18(25)11-24-22(27)28-12-17-15-7-3-1-5-13(15)14-6-2-4-8-16(14)17/h1-10,17-18,21,25-26H,11-12H2,(H,24,27). The molecule has 0 radical (unpaired) electrons. The van der Waals surface area contributed by atoms with E-state index in [1.54, 1.807) is 12.1 Å². The molecule has 7 heteroatoms. The van der Waals surface area contributed by atoms with Crippen molar-refractivity contribution < 1.29 is 19.7 Å². The van der Waals surface area contributed by atoms with Crippen LogP contribution in [0.1, 0.15) is 28.0 Å². The molecule has 1 aliphatic carbocycles. The van der Waals surface area contributed by atoms with Crippen molar-refractivity contribution in [2.45, 2.75) is 18.1 Å². The number of aliphatic hydroxyl groups is 2. The number of aliphatic hydroxyl groups excluding tert-OH is 2. The van der Waals surface area contributed by atoms with Gasteiger partial charge in [0.15, 0.2) is 0 Å². The SMILES string of the molecule is O=C(NCC(O)C(O)c1ccc(Cl)s1)OCC1c2ccccc2-c2ccccc21. The number of hydrogen-bond donors (Lipinski definition) is 3. The number of amides is 1. The Kier molecular flexibility index (Phi) is 5.87. The lowest BCUT2D eigenvalue weighted by Crippen LogP contribution is -2.36. The molecule has 4 rings (SSSR count). The minimum Gasteiger partial charge on any atom is -0.449 e. The first-order valence-electron chi connectivity index (χ1n) is 9.25. The number of nitrogens with one attached hydrogen (secondary N) is 1. The number of ether oxygens (including phenoxy) is 1. The Hall–Kier alpha value is -2.38. The Balaban J connectivity index is 1.34. The van der Waals surface area contributed by atoms with Gasteiger partial charge in [0.25, 0.3) is 0 Å². The molecule has 0 bridgehead atoms. The van der Waals surface area contributed by atoms with Crippen molar-refractivity contribution in [2.75, 3.05) is 13.2 Å². The van der Waals surface area contributed by atoms with Gasteiger partial charge in [0.05, 0.1) is 4.34 Å². The zero-order chi connectivity index (χ0) is 20.4. The Morgan fingerprint density at radius 2 is 1.66 bits per heavy atom. The Bertz CT molecular complexity index is 976. The summed E-state index contributed by atoms with van der Waals surface area (Å²) in [5.41, 5.74) is 4.58. The minimum absolute atomic E-state index is 0.0306. The van der Waals surface area contributed by atoms with Crippen molar-refractivity contribution in [2.24, 2.45) is 0 Å². The zero-order valence-electron chi connectivity index (χ0n) is 15.4. The summed E-state index contributed by atoms with van der Waals surface area (Å²) in [6.45, 7) is 0.0619. The minimum atomic E-state index is -1.16. The largest absolute Gasteiger partial charge is 0.449 e. The molecule has 0 saturated carbocycles. The van der Waals surface area contributed by atoms with E-state index in [-0.39, 0.29) is 19.1 Å². The van der Waals surface area contributed by atoms with E-state index in [1.807, 2.05) is 36.4 Å². The number of benzene rings is 2. The summed E-state index contributed by atoms with van der Waals surface area (Å²) >= 11 is 7.03. The van der Waals surface area contributed by atoms with Crippen LogP contribution in [0.2, 0.25) is 4.34 Å². The molecule has 1 heterocycles. The number of rotatable bonds is 6. The molecule has 3 N–H and O–H groups in total. The molecular formula is C22H20ClNO4S. The quantitative estimate of drug-likeness (QED) is 0.544. The highest BCUT2D eigenvalue weighted by atomic mass is 35.5. The van der Waals surface area contributed by atoms with Crippen LogP contribution < -0.4 is 5.32 Å². The summed E-state index contributed by atoms with van der Waals surface area (Å²) in [7, 11) is 0. The molecule has 150 valence electrons. The van der Waals surface area contributed by atoms with Crippen molar-refractivity contribution in [3.05, 3.63) is 81.0 Å². The predicted octanol–water partition coefficient (Wildman–Crippen LogP) is 4.33. The van der Waals surface area contributed by atoms with Gasteiger partial charge in [-0.2, -0.15) is 0 Å². The van der Waals surface area contributed by atoms with Gasteiger partial charge in [-0.05, 0) is 34.4 Å². The number of thiophene rings is 1. The normalized spacial score (nSPS) is 14.7. The summed E-state index contributed by atoms with van der Waals surface area (Å²) < 4.78 is 5.94. The molecule has 1 amide bonds.